The number of terminal acetylenes is 1. The van der Waals surface area contributed by atoms with E-state index >= 15 is 0 Å². The van der Waals surface area contributed by atoms with Crippen LogP contribution in [0.15, 0.2) is 48.5 Å². The molecule has 2 aromatic carbocycles. The normalized spacial score (nSPS) is 14.1. The van der Waals surface area contributed by atoms with Crippen LogP contribution in [-0.4, -0.2) is 38.0 Å². The molecule has 0 aliphatic carbocycles. The maximum Gasteiger partial charge on any atom is 0.188 e. The molecule has 0 spiro atoms. The Balaban J connectivity index is 2.20. The van der Waals surface area contributed by atoms with Crippen LogP contribution in [-0.2, 0) is 15.1 Å². The number of benzene rings is 2. The molecule has 0 amide bonds. The molecule has 0 bridgehead atoms. The van der Waals surface area contributed by atoms with Gasteiger partial charge in [-0.15, -0.1) is 6.42 Å². The first kappa shape index (κ1) is 19.8. The van der Waals surface area contributed by atoms with Gasteiger partial charge in [0.25, 0.3) is 0 Å². The van der Waals surface area contributed by atoms with Gasteiger partial charge >= 0.3 is 0 Å². The molecule has 138 valence electrons. The topological polar surface area (TPSA) is 77.4 Å². The van der Waals surface area contributed by atoms with Crippen molar-refractivity contribution in [2.45, 2.75) is 11.7 Å². The third-order valence-corrected chi connectivity index (χ3v) is 3.79. The number of methoxy groups -OCH3 is 2. The van der Waals surface area contributed by atoms with Crippen molar-refractivity contribution < 1.29 is 29.2 Å². The molecule has 26 heavy (non-hydrogen) atoms. The average Bonchev–Trinajstić information content (AvgIpc) is 2.70. The monoisotopic (exact) mass is 358 g/mol. The van der Waals surface area contributed by atoms with Crippen LogP contribution in [0.1, 0.15) is 17.2 Å². The molecular formula is C20H22O6. The van der Waals surface area contributed by atoms with E-state index in [1.165, 1.54) is 14.2 Å². The Morgan fingerprint density at radius 2 is 1.38 bits per heavy atom. The maximum absolute atomic E-state index is 10.9. The molecular weight excluding hydrogens is 336 g/mol. The largest absolute Gasteiger partial charge is 0.468 e. The Bertz CT molecular complexity index is 719. The Kier molecular flexibility index (Phi) is 7.01. The number of ether oxygens (including phenoxy) is 4. The first-order valence-electron chi connectivity index (χ1n) is 7.87. The zero-order valence-corrected chi connectivity index (χ0v) is 14.7. The van der Waals surface area contributed by atoms with Gasteiger partial charge in [-0.25, -0.2) is 0 Å². The van der Waals surface area contributed by atoms with Crippen LogP contribution in [0.2, 0.25) is 0 Å². The fraction of sp³-hybridized carbons (Fsp3) is 0.300. The molecule has 0 heterocycles. The van der Waals surface area contributed by atoms with Crippen LogP contribution in [0.4, 0.5) is 0 Å². The summed E-state index contributed by atoms with van der Waals surface area (Å²) in [4.78, 5) is 0. The highest BCUT2D eigenvalue weighted by Gasteiger charge is 2.36. The molecule has 0 aliphatic heterocycles. The molecule has 2 aromatic rings. The first-order chi connectivity index (χ1) is 12.5. The SMILES string of the molecule is C#CC(O)(c1ccc(OCOC)cc1)C(O)c1ccc(OCOC)cc1. The Morgan fingerprint density at radius 1 is 0.923 bits per heavy atom. The average molecular weight is 358 g/mol. The number of aliphatic hydroxyl groups excluding tert-OH is 1. The van der Waals surface area contributed by atoms with Crippen molar-refractivity contribution in [3.63, 3.8) is 0 Å². The Hall–Kier alpha value is -2.56. The molecule has 0 saturated carbocycles. The number of hydrogen-bond acceptors (Lipinski definition) is 6. The fourth-order valence-corrected chi connectivity index (χ4v) is 2.37. The Morgan fingerprint density at radius 3 is 1.81 bits per heavy atom. The van der Waals surface area contributed by atoms with E-state index in [-0.39, 0.29) is 13.6 Å². The van der Waals surface area contributed by atoms with Crippen molar-refractivity contribution in [2.24, 2.45) is 0 Å². The summed E-state index contributed by atoms with van der Waals surface area (Å²) >= 11 is 0. The summed E-state index contributed by atoms with van der Waals surface area (Å²) in [6, 6.07) is 13.1. The van der Waals surface area contributed by atoms with Crippen molar-refractivity contribution in [2.75, 3.05) is 27.8 Å². The lowest BCUT2D eigenvalue weighted by molar-refractivity contribution is -0.0383. The molecule has 2 rings (SSSR count). The lowest BCUT2D eigenvalue weighted by atomic mass is 9.85. The predicted molar refractivity (Wildman–Crippen MR) is 95.6 cm³/mol. The Labute approximate surface area is 152 Å². The summed E-state index contributed by atoms with van der Waals surface area (Å²) in [5.41, 5.74) is -1.07. The zero-order valence-electron chi connectivity index (χ0n) is 14.7. The van der Waals surface area contributed by atoms with E-state index in [0.29, 0.717) is 22.6 Å². The van der Waals surface area contributed by atoms with Gasteiger partial charge in [0.15, 0.2) is 19.2 Å². The van der Waals surface area contributed by atoms with Gasteiger partial charge in [0.1, 0.15) is 17.6 Å². The number of aliphatic hydroxyl groups is 2. The highest BCUT2D eigenvalue weighted by atomic mass is 16.7. The molecule has 2 atom stereocenters. The minimum Gasteiger partial charge on any atom is -0.468 e. The molecule has 0 fully saturated rings. The van der Waals surface area contributed by atoms with E-state index in [1.54, 1.807) is 48.5 Å². The fourth-order valence-electron chi connectivity index (χ4n) is 2.37. The predicted octanol–water partition coefficient (Wildman–Crippen LogP) is 2.21. The lowest BCUT2D eigenvalue weighted by Crippen LogP contribution is -2.32. The molecule has 2 N–H and O–H groups in total. The summed E-state index contributed by atoms with van der Waals surface area (Å²) in [6.45, 7) is 0.229. The van der Waals surface area contributed by atoms with Gasteiger partial charge in [-0.2, -0.15) is 0 Å². The minimum absolute atomic E-state index is 0.110. The summed E-state index contributed by atoms with van der Waals surface area (Å²) < 4.78 is 20.3. The third kappa shape index (κ3) is 4.54. The molecule has 6 heteroatoms. The zero-order chi connectivity index (χ0) is 19.0. The quantitative estimate of drug-likeness (QED) is 0.529. The van der Waals surface area contributed by atoms with Gasteiger partial charge in [0.05, 0.1) is 0 Å². The van der Waals surface area contributed by atoms with Gasteiger partial charge in [-0.05, 0) is 35.4 Å². The number of rotatable bonds is 9. The van der Waals surface area contributed by atoms with E-state index in [4.69, 9.17) is 25.4 Å². The van der Waals surface area contributed by atoms with Gasteiger partial charge in [-0.3, -0.25) is 0 Å². The van der Waals surface area contributed by atoms with E-state index in [0.717, 1.165) is 0 Å². The van der Waals surface area contributed by atoms with Crippen LogP contribution in [0.5, 0.6) is 11.5 Å². The number of hydrogen-bond donors (Lipinski definition) is 2. The van der Waals surface area contributed by atoms with Crippen molar-refractivity contribution >= 4 is 0 Å². The second kappa shape index (κ2) is 9.22. The first-order valence-corrected chi connectivity index (χ1v) is 7.87. The second-order valence-corrected chi connectivity index (χ2v) is 5.51. The summed E-state index contributed by atoms with van der Waals surface area (Å²) in [5.74, 6) is 3.43. The minimum atomic E-state index is -1.89. The molecule has 6 nitrogen and oxygen atoms in total. The summed E-state index contributed by atoms with van der Waals surface area (Å²) in [7, 11) is 3.05. The van der Waals surface area contributed by atoms with E-state index < -0.39 is 11.7 Å². The highest BCUT2D eigenvalue weighted by Crippen LogP contribution is 2.36. The van der Waals surface area contributed by atoms with Crippen LogP contribution >= 0.6 is 0 Å². The van der Waals surface area contributed by atoms with E-state index in [2.05, 4.69) is 5.92 Å². The summed E-state index contributed by atoms with van der Waals surface area (Å²) in [5, 5.41) is 21.5. The van der Waals surface area contributed by atoms with Crippen molar-refractivity contribution in [1.29, 1.82) is 0 Å². The molecule has 0 aliphatic rings. The van der Waals surface area contributed by atoms with Crippen LogP contribution in [0, 0.1) is 12.3 Å². The maximum atomic E-state index is 10.9. The van der Waals surface area contributed by atoms with Gasteiger partial charge in [0.2, 0.25) is 0 Å². The molecule has 0 saturated heterocycles. The molecule has 0 radical (unpaired) electrons. The van der Waals surface area contributed by atoms with Crippen LogP contribution in [0.3, 0.4) is 0 Å². The lowest BCUT2D eigenvalue weighted by Gasteiger charge is -2.29. The van der Waals surface area contributed by atoms with Gasteiger partial charge in [-0.1, -0.05) is 30.2 Å². The standard InChI is InChI=1S/C20H22O6/c1-4-20(22,16-7-11-18(12-8-16)26-14-24-3)19(21)15-5-9-17(10-6-15)25-13-23-2/h1,5-12,19,21-22H,13-14H2,2-3H3. The highest BCUT2D eigenvalue weighted by molar-refractivity contribution is 5.40. The molecule has 2 unspecified atom stereocenters. The molecule has 0 aromatic heterocycles. The summed E-state index contributed by atoms with van der Waals surface area (Å²) in [6.07, 6.45) is 4.21. The second-order valence-electron chi connectivity index (χ2n) is 5.51. The van der Waals surface area contributed by atoms with Crippen molar-refractivity contribution in [1.82, 2.24) is 0 Å². The van der Waals surface area contributed by atoms with Gasteiger partial charge in [0, 0.05) is 14.2 Å². The van der Waals surface area contributed by atoms with Crippen molar-refractivity contribution in [3.05, 3.63) is 59.7 Å². The van der Waals surface area contributed by atoms with E-state index in [1.807, 2.05) is 0 Å². The van der Waals surface area contributed by atoms with Crippen LogP contribution < -0.4 is 9.47 Å². The van der Waals surface area contributed by atoms with E-state index in [9.17, 15) is 10.2 Å². The smallest absolute Gasteiger partial charge is 0.188 e. The third-order valence-electron chi connectivity index (χ3n) is 3.79. The van der Waals surface area contributed by atoms with Crippen molar-refractivity contribution in [3.8, 4) is 23.8 Å². The van der Waals surface area contributed by atoms with Gasteiger partial charge < -0.3 is 29.2 Å². The van der Waals surface area contributed by atoms with Crippen LogP contribution in [0.25, 0.3) is 0 Å².